The average Bonchev–Trinajstić information content (AvgIpc) is 2.58. The van der Waals surface area contributed by atoms with Crippen LogP contribution in [0.15, 0.2) is 11.1 Å². The highest BCUT2D eigenvalue weighted by molar-refractivity contribution is 6.00. The highest BCUT2D eigenvalue weighted by Gasteiger charge is 2.39. The fraction of sp³-hybridized carbons (Fsp3) is 0.789. The van der Waals surface area contributed by atoms with Crippen molar-refractivity contribution in [1.29, 1.82) is 0 Å². The van der Waals surface area contributed by atoms with E-state index in [0.29, 0.717) is 23.5 Å². The molecule has 3 aliphatic rings. The van der Waals surface area contributed by atoms with E-state index < -0.39 is 0 Å². The zero-order valence-electron chi connectivity index (χ0n) is 16.3. The van der Waals surface area contributed by atoms with E-state index in [9.17, 15) is 9.59 Å². The number of hydrazine groups is 1. The molecule has 2 fully saturated rings. The van der Waals surface area contributed by atoms with Gasteiger partial charge in [0, 0.05) is 42.7 Å². The number of amides is 2. The molecular weight excluding hydrogens is 330 g/mol. The molecule has 3 aliphatic heterocycles. The van der Waals surface area contributed by atoms with Gasteiger partial charge in [-0.25, -0.2) is 0 Å². The van der Waals surface area contributed by atoms with Crippen LogP contribution in [0.3, 0.4) is 0 Å². The zero-order chi connectivity index (χ0) is 18.8. The number of fused-ring (bicyclic) bond motifs is 1. The minimum Gasteiger partial charge on any atom is -0.353 e. The number of hydrogen-bond donors (Lipinski definition) is 5. The smallest absolute Gasteiger partial charge is 0.247 e. The molecule has 3 rings (SSSR count). The van der Waals surface area contributed by atoms with E-state index in [1.165, 1.54) is 0 Å². The van der Waals surface area contributed by atoms with Crippen LogP contribution in [0.5, 0.6) is 0 Å². The van der Waals surface area contributed by atoms with Gasteiger partial charge in [-0.3, -0.25) is 20.4 Å². The summed E-state index contributed by atoms with van der Waals surface area (Å²) in [6.45, 7) is 11.1. The lowest BCUT2D eigenvalue weighted by molar-refractivity contribution is -0.125. The molecule has 0 aromatic carbocycles. The second-order valence-electron chi connectivity index (χ2n) is 8.23. The Kier molecular flexibility index (Phi) is 5.99. The topological polar surface area (TPSA) is 94.3 Å². The molecule has 7 heteroatoms. The van der Waals surface area contributed by atoms with Crippen molar-refractivity contribution in [3.63, 3.8) is 0 Å². The molecule has 0 radical (unpaired) electrons. The highest BCUT2D eigenvalue weighted by atomic mass is 16.2. The predicted molar refractivity (Wildman–Crippen MR) is 101 cm³/mol. The minimum absolute atomic E-state index is 0.0670. The summed E-state index contributed by atoms with van der Waals surface area (Å²) >= 11 is 0. The van der Waals surface area contributed by atoms with Gasteiger partial charge in [-0.05, 0) is 45.6 Å². The van der Waals surface area contributed by atoms with Crippen LogP contribution in [0, 0.1) is 17.8 Å². The molecule has 2 saturated heterocycles. The van der Waals surface area contributed by atoms with E-state index in [4.69, 9.17) is 0 Å². The van der Waals surface area contributed by atoms with Crippen LogP contribution in [0.25, 0.3) is 0 Å². The quantitative estimate of drug-likeness (QED) is 0.487. The molecule has 0 aliphatic carbocycles. The van der Waals surface area contributed by atoms with Crippen LogP contribution in [-0.4, -0.2) is 49.6 Å². The van der Waals surface area contributed by atoms with Crippen LogP contribution in [0.1, 0.15) is 40.5 Å². The van der Waals surface area contributed by atoms with E-state index in [1.807, 2.05) is 6.92 Å². The summed E-state index contributed by atoms with van der Waals surface area (Å²) in [7, 11) is 0. The molecule has 5 N–H and O–H groups in total. The minimum atomic E-state index is -0.0717. The molecule has 26 heavy (non-hydrogen) atoms. The Morgan fingerprint density at radius 2 is 2.00 bits per heavy atom. The van der Waals surface area contributed by atoms with Crippen LogP contribution in [0.4, 0.5) is 0 Å². The van der Waals surface area contributed by atoms with Crippen LogP contribution in [-0.2, 0) is 9.59 Å². The first-order valence-corrected chi connectivity index (χ1v) is 9.87. The van der Waals surface area contributed by atoms with Crippen molar-refractivity contribution in [3.05, 3.63) is 11.1 Å². The van der Waals surface area contributed by atoms with Gasteiger partial charge in [0.05, 0.1) is 6.42 Å². The Labute approximate surface area is 156 Å². The Balaban J connectivity index is 1.65. The Bertz CT molecular complexity index is 590. The standard InChI is InChI=1S/C19H33N5O2/c1-10-8-21-22-9-15(10)12(3)23-17(25)7-14-11(2)18-13(4)20-6-5-16(18)24-19(14)26/h10,12-13,15-16,18,20-22H,5-9H2,1-4H3,(H,23,25)(H,24,26)/t10?,12-,13?,15?,16?,18?/m1/s1. The summed E-state index contributed by atoms with van der Waals surface area (Å²) in [5.74, 6) is 0.998. The van der Waals surface area contributed by atoms with Gasteiger partial charge >= 0.3 is 0 Å². The first-order valence-electron chi connectivity index (χ1n) is 9.87. The lowest BCUT2D eigenvalue weighted by Crippen LogP contribution is -2.57. The van der Waals surface area contributed by atoms with Crippen LogP contribution < -0.4 is 26.8 Å². The third-order valence-corrected chi connectivity index (χ3v) is 6.45. The molecule has 0 aromatic heterocycles. The molecular formula is C19H33N5O2. The van der Waals surface area contributed by atoms with Crippen LogP contribution >= 0.6 is 0 Å². The van der Waals surface area contributed by atoms with E-state index in [-0.39, 0.29) is 36.2 Å². The molecule has 6 atom stereocenters. The Hall–Kier alpha value is -1.44. The van der Waals surface area contributed by atoms with Gasteiger partial charge in [0.2, 0.25) is 11.8 Å². The molecule has 0 spiro atoms. The third kappa shape index (κ3) is 3.94. The van der Waals surface area contributed by atoms with E-state index >= 15 is 0 Å². The number of rotatable bonds is 4. The second kappa shape index (κ2) is 8.06. The monoisotopic (exact) mass is 363 g/mol. The maximum atomic E-state index is 12.6. The summed E-state index contributed by atoms with van der Waals surface area (Å²) in [5.41, 5.74) is 8.03. The fourth-order valence-corrected chi connectivity index (χ4v) is 4.83. The number of carbonyl (C=O) groups is 2. The van der Waals surface area contributed by atoms with Crippen molar-refractivity contribution in [3.8, 4) is 0 Å². The molecule has 0 saturated carbocycles. The van der Waals surface area contributed by atoms with Gasteiger partial charge in [-0.2, -0.15) is 0 Å². The first-order chi connectivity index (χ1) is 12.4. The Morgan fingerprint density at radius 1 is 1.27 bits per heavy atom. The number of piperidine rings is 1. The Morgan fingerprint density at radius 3 is 2.73 bits per heavy atom. The number of carbonyl (C=O) groups excluding carboxylic acids is 2. The van der Waals surface area contributed by atoms with E-state index in [1.54, 1.807) is 0 Å². The number of hydrogen-bond acceptors (Lipinski definition) is 5. The summed E-state index contributed by atoms with van der Waals surface area (Å²) in [6.07, 6.45) is 1.10. The molecule has 146 valence electrons. The molecule has 7 nitrogen and oxygen atoms in total. The molecule has 2 amide bonds. The van der Waals surface area contributed by atoms with Crippen molar-refractivity contribution < 1.29 is 9.59 Å². The molecule has 0 aromatic rings. The average molecular weight is 364 g/mol. The zero-order valence-corrected chi connectivity index (χ0v) is 16.3. The summed E-state index contributed by atoms with van der Waals surface area (Å²) in [6, 6.07) is 0.571. The van der Waals surface area contributed by atoms with Gasteiger partial charge in [0.15, 0.2) is 0 Å². The summed E-state index contributed by atoms with van der Waals surface area (Å²) in [4.78, 5) is 25.2. The van der Waals surface area contributed by atoms with Gasteiger partial charge in [-0.15, -0.1) is 0 Å². The summed E-state index contributed by atoms with van der Waals surface area (Å²) in [5, 5.41) is 9.72. The SMILES string of the molecule is CC1=C(CC(=O)N[C@H](C)C2CNNCC2C)C(=O)NC2CCNC(C)C12. The predicted octanol–water partition coefficient (Wildman–Crippen LogP) is 0.0542. The van der Waals surface area contributed by atoms with Gasteiger partial charge in [0.25, 0.3) is 0 Å². The van der Waals surface area contributed by atoms with Crippen molar-refractivity contribution >= 4 is 11.8 Å². The number of nitrogens with one attached hydrogen (secondary N) is 5. The van der Waals surface area contributed by atoms with Gasteiger partial charge in [0.1, 0.15) is 0 Å². The molecule has 0 bridgehead atoms. The second-order valence-corrected chi connectivity index (χ2v) is 8.23. The molecule has 3 heterocycles. The highest BCUT2D eigenvalue weighted by Crippen LogP contribution is 2.32. The summed E-state index contributed by atoms with van der Waals surface area (Å²) < 4.78 is 0. The van der Waals surface area contributed by atoms with Crippen molar-refractivity contribution in [2.45, 2.75) is 58.7 Å². The van der Waals surface area contributed by atoms with Gasteiger partial charge < -0.3 is 16.0 Å². The first kappa shape index (κ1) is 19.3. The normalized spacial score (nSPS) is 36.2. The van der Waals surface area contributed by atoms with Crippen molar-refractivity contribution in [2.24, 2.45) is 17.8 Å². The lowest BCUT2D eigenvalue weighted by Gasteiger charge is -2.42. The van der Waals surface area contributed by atoms with Crippen molar-refractivity contribution in [1.82, 2.24) is 26.8 Å². The maximum absolute atomic E-state index is 12.6. The third-order valence-electron chi connectivity index (χ3n) is 6.45. The fourth-order valence-electron chi connectivity index (χ4n) is 4.83. The van der Waals surface area contributed by atoms with Crippen molar-refractivity contribution in [2.75, 3.05) is 19.6 Å². The van der Waals surface area contributed by atoms with Gasteiger partial charge in [-0.1, -0.05) is 12.5 Å². The largest absolute Gasteiger partial charge is 0.353 e. The van der Waals surface area contributed by atoms with Crippen LogP contribution in [0.2, 0.25) is 0 Å². The lowest BCUT2D eigenvalue weighted by atomic mass is 9.76. The molecule has 5 unspecified atom stereocenters. The van der Waals surface area contributed by atoms with E-state index in [2.05, 4.69) is 47.6 Å². The maximum Gasteiger partial charge on any atom is 0.247 e. The van der Waals surface area contributed by atoms with E-state index in [0.717, 1.165) is 31.6 Å².